The molecule has 1 atom stereocenters. The molecule has 1 aromatic carbocycles. The van der Waals surface area contributed by atoms with E-state index in [-0.39, 0.29) is 12.2 Å². The standard InChI is InChI=1S/C18H18N4O4S/c1-11(14-9-22(21-20-14)10-15(23)25-3)26-18(24)16-17(27-12(2)19-16)13-7-5-4-6-8-13/h4-9,11H,10H2,1-3H3. The van der Waals surface area contributed by atoms with Gasteiger partial charge in [0.15, 0.2) is 5.69 Å². The van der Waals surface area contributed by atoms with Crippen molar-refractivity contribution in [3.8, 4) is 10.4 Å². The SMILES string of the molecule is COC(=O)Cn1cc(C(C)OC(=O)c2nc(C)sc2-c2ccccc2)nn1. The minimum absolute atomic E-state index is 0.0619. The quantitative estimate of drug-likeness (QED) is 0.601. The Bertz CT molecular complexity index is 951. The van der Waals surface area contributed by atoms with Crippen LogP contribution in [0.5, 0.6) is 0 Å². The first kappa shape index (κ1) is 18.7. The predicted octanol–water partition coefficient (Wildman–Crippen LogP) is 2.80. The van der Waals surface area contributed by atoms with E-state index in [2.05, 4.69) is 20.0 Å². The van der Waals surface area contributed by atoms with E-state index in [1.54, 1.807) is 13.1 Å². The number of esters is 2. The summed E-state index contributed by atoms with van der Waals surface area (Å²) in [4.78, 5) is 29.0. The monoisotopic (exact) mass is 386 g/mol. The number of rotatable bonds is 6. The molecule has 0 saturated carbocycles. The van der Waals surface area contributed by atoms with Gasteiger partial charge in [0.2, 0.25) is 0 Å². The van der Waals surface area contributed by atoms with Crippen LogP contribution in [-0.4, -0.2) is 39.0 Å². The molecule has 0 bridgehead atoms. The van der Waals surface area contributed by atoms with Crippen molar-refractivity contribution < 1.29 is 19.1 Å². The number of nitrogens with zero attached hydrogens (tertiary/aromatic N) is 4. The zero-order chi connectivity index (χ0) is 19.4. The molecule has 0 aliphatic heterocycles. The maximum atomic E-state index is 12.7. The number of hydrogen-bond donors (Lipinski definition) is 0. The number of carbonyl (C=O) groups excluding carboxylic acids is 2. The summed E-state index contributed by atoms with van der Waals surface area (Å²) in [6, 6.07) is 9.57. The molecule has 0 fully saturated rings. The minimum Gasteiger partial charge on any atom is -0.468 e. The highest BCUT2D eigenvalue weighted by molar-refractivity contribution is 7.15. The van der Waals surface area contributed by atoms with Crippen LogP contribution in [0.2, 0.25) is 0 Å². The smallest absolute Gasteiger partial charge is 0.359 e. The lowest BCUT2D eigenvalue weighted by molar-refractivity contribution is -0.141. The molecule has 0 radical (unpaired) electrons. The van der Waals surface area contributed by atoms with Crippen LogP contribution in [0.3, 0.4) is 0 Å². The highest BCUT2D eigenvalue weighted by Crippen LogP contribution is 2.31. The molecule has 0 aliphatic rings. The molecule has 0 N–H and O–H groups in total. The molecule has 0 aliphatic carbocycles. The summed E-state index contributed by atoms with van der Waals surface area (Å²) < 4.78 is 11.4. The summed E-state index contributed by atoms with van der Waals surface area (Å²) in [6.45, 7) is 3.47. The van der Waals surface area contributed by atoms with Crippen molar-refractivity contribution in [2.45, 2.75) is 26.5 Å². The maximum absolute atomic E-state index is 12.7. The molecule has 2 heterocycles. The van der Waals surface area contributed by atoms with Crippen molar-refractivity contribution in [1.29, 1.82) is 0 Å². The Morgan fingerprint density at radius 3 is 2.70 bits per heavy atom. The molecule has 3 aromatic rings. The third kappa shape index (κ3) is 4.37. The van der Waals surface area contributed by atoms with E-state index >= 15 is 0 Å². The van der Waals surface area contributed by atoms with E-state index in [1.165, 1.54) is 23.1 Å². The van der Waals surface area contributed by atoms with Crippen LogP contribution in [0.1, 0.15) is 34.2 Å². The number of aromatic nitrogens is 4. The Balaban J connectivity index is 1.75. The predicted molar refractivity (Wildman–Crippen MR) is 98.2 cm³/mol. The summed E-state index contributed by atoms with van der Waals surface area (Å²) in [7, 11) is 1.30. The fraction of sp³-hybridized carbons (Fsp3) is 0.278. The van der Waals surface area contributed by atoms with Crippen molar-refractivity contribution in [3.63, 3.8) is 0 Å². The Kier molecular flexibility index (Phi) is 5.60. The van der Waals surface area contributed by atoms with Crippen LogP contribution < -0.4 is 0 Å². The van der Waals surface area contributed by atoms with Gasteiger partial charge in [-0.2, -0.15) is 0 Å². The van der Waals surface area contributed by atoms with Gasteiger partial charge in [0.05, 0.1) is 23.2 Å². The summed E-state index contributed by atoms with van der Waals surface area (Å²) in [5.41, 5.74) is 1.62. The molecule has 0 spiro atoms. The van der Waals surface area contributed by atoms with Crippen molar-refractivity contribution >= 4 is 23.3 Å². The molecule has 0 saturated heterocycles. The summed E-state index contributed by atoms with van der Waals surface area (Å²) in [6.07, 6.45) is 0.897. The second kappa shape index (κ2) is 8.09. The van der Waals surface area contributed by atoms with Gasteiger partial charge in [-0.1, -0.05) is 35.5 Å². The molecular formula is C18H18N4O4S. The second-order valence-corrected chi connectivity index (χ2v) is 6.94. The summed E-state index contributed by atoms with van der Waals surface area (Å²) >= 11 is 1.44. The largest absolute Gasteiger partial charge is 0.468 e. The lowest BCUT2D eigenvalue weighted by atomic mass is 10.1. The minimum atomic E-state index is -0.644. The van der Waals surface area contributed by atoms with Gasteiger partial charge in [0.1, 0.15) is 18.3 Å². The van der Waals surface area contributed by atoms with Crippen LogP contribution >= 0.6 is 11.3 Å². The molecule has 2 aromatic heterocycles. The number of methoxy groups -OCH3 is 1. The van der Waals surface area contributed by atoms with E-state index < -0.39 is 18.0 Å². The Morgan fingerprint density at radius 2 is 2.00 bits per heavy atom. The summed E-state index contributed by atoms with van der Waals surface area (Å²) in [5.74, 6) is -0.977. The highest BCUT2D eigenvalue weighted by atomic mass is 32.1. The van der Waals surface area contributed by atoms with Gasteiger partial charge < -0.3 is 9.47 Å². The molecular weight excluding hydrogens is 368 g/mol. The zero-order valence-corrected chi connectivity index (χ0v) is 15.9. The average molecular weight is 386 g/mol. The van der Waals surface area contributed by atoms with Gasteiger partial charge >= 0.3 is 11.9 Å². The zero-order valence-electron chi connectivity index (χ0n) is 15.1. The molecule has 27 heavy (non-hydrogen) atoms. The van der Waals surface area contributed by atoms with Crippen LogP contribution in [0.15, 0.2) is 36.5 Å². The van der Waals surface area contributed by atoms with Crippen LogP contribution in [0, 0.1) is 6.92 Å². The topological polar surface area (TPSA) is 96.2 Å². The molecule has 8 nitrogen and oxygen atoms in total. The normalized spacial score (nSPS) is 11.8. The fourth-order valence-corrected chi connectivity index (χ4v) is 3.31. The third-order valence-corrected chi connectivity index (χ3v) is 4.76. The van der Waals surface area contributed by atoms with Crippen molar-refractivity contribution in [2.75, 3.05) is 7.11 Å². The third-order valence-electron chi connectivity index (χ3n) is 3.74. The maximum Gasteiger partial charge on any atom is 0.359 e. The molecule has 1 unspecified atom stereocenters. The van der Waals surface area contributed by atoms with Gasteiger partial charge in [-0.25, -0.2) is 14.5 Å². The Labute approximate surface area is 159 Å². The number of benzene rings is 1. The van der Waals surface area contributed by atoms with Gasteiger partial charge in [-0.3, -0.25) is 4.79 Å². The van der Waals surface area contributed by atoms with Crippen LogP contribution in [-0.2, 0) is 20.8 Å². The highest BCUT2D eigenvalue weighted by Gasteiger charge is 2.23. The Morgan fingerprint density at radius 1 is 1.26 bits per heavy atom. The number of ether oxygens (including phenoxy) is 2. The average Bonchev–Trinajstić information content (AvgIpc) is 3.29. The lowest BCUT2D eigenvalue weighted by Crippen LogP contribution is -2.12. The Hall–Kier alpha value is -3.07. The van der Waals surface area contributed by atoms with Gasteiger partial charge in [-0.15, -0.1) is 16.4 Å². The van der Waals surface area contributed by atoms with E-state index in [0.717, 1.165) is 15.4 Å². The number of thiazole rings is 1. The number of carbonyl (C=O) groups is 2. The fourth-order valence-electron chi connectivity index (χ4n) is 2.40. The second-order valence-electron chi connectivity index (χ2n) is 5.74. The van der Waals surface area contributed by atoms with E-state index in [1.807, 2.05) is 37.3 Å². The number of aryl methyl sites for hydroxylation is 1. The lowest BCUT2D eigenvalue weighted by Gasteiger charge is -2.10. The van der Waals surface area contributed by atoms with Crippen LogP contribution in [0.25, 0.3) is 10.4 Å². The molecule has 9 heteroatoms. The molecule has 140 valence electrons. The van der Waals surface area contributed by atoms with Crippen LogP contribution in [0.4, 0.5) is 0 Å². The number of hydrogen-bond acceptors (Lipinski definition) is 8. The van der Waals surface area contributed by atoms with Crippen molar-refractivity contribution in [2.24, 2.45) is 0 Å². The van der Waals surface area contributed by atoms with E-state index in [4.69, 9.17) is 4.74 Å². The van der Waals surface area contributed by atoms with Gasteiger partial charge in [-0.05, 0) is 19.4 Å². The first-order valence-electron chi connectivity index (χ1n) is 8.18. The molecule has 3 rings (SSSR count). The van der Waals surface area contributed by atoms with E-state index in [9.17, 15) is 9.59 Å². The van der Waals surface area contributed by atoms with Crippen molar-refractivity contribution in [1.82, 2.24) is 20.0 Å². The van der Waals surface area contributed by atoms with Gasteiger partial charge in [0.25, 0.3) is 0 Å². The first-order chi connectivity index (χ1) is 13.0. The van der Waals surface area contributed by atoms with E-state index in [0.29, 0.717) is 5.69 Å². The van der Waals surface area contributed by atoms with Gasteiger partial charge in [0, 0.05) is 0 Å². The first-order valence-corrected chi connectivity index (χ1v) is 9.00. The summed E-state index contributed by atoms with van der Waals surface area (Å²) in [5, 5.41) is 8.56. The molecule has 0 amide bonds. The van der Waals surface area contributed by atoms with Crippen molar-refractivity contribution in [3.05, 3.63) is 52.9 Å².